The second-order valence-electron chi connectivity index (χ2n) is 13.1. The Labute approximate surface area is 181 Å². The standard InChI is InChI=1S/C26H49N3/c1-25(2,3)23-9-11-28(12-10-23)24-15-21-18-27(19-22(21)16-24)17-20-7-13-29(14-8-20)26(4,5)6/h20-24H,7-19H2,1-6H3. The van der Waals surface area contributed by atoms with E-state index in [0.29, 0.717) is 11.0 Å². The van der Waals surface area contributed by atoms with Crippen molar-refractivity contribution >= 4 is 0 Å². The van der Waals surface area contributed by atoms with Crippen molar-refractivity contribution in [3.8, 4) is 0 Å². The van der Waals surface area contributed by atoms with Gasteiger partial charge in [-0.3, -0.25) is 4.90 Å². The fourth-order valence-corrected chi connectivity index (χ4v) is 7.09. The van der Waals surface area contributed by atoms with E-state index >= 15 is 0 Å². The molecule has 0 spiro atoms. The van der Waals surface area contributed by atoms with Crippen LogP contribution in [0.1, 0.15) is 80.1 Å². The smallest absolute Gasteiger partial charge is 0.0125 e. The summed E-state index contributed by atoms with van der Waals surface area (Å²) in [4.78, 5) is 8.43. The predicted molar refractivity (Wildman–Crippen MR) is 124 cm³/mol. The third kappa shape index (κ3) is 5.21. The van der Waals surface area contributed by atoms with E-state index in [4.69, 9.17) is 0 Å². The van der Waals surface area contributed by atoms with E-state index in [2.05, 4.69) is 56.2 Å². The first-order valence-corrected chi connectivity index (χ1v) is 12.8. The Morgan fingerprint density at radius 1 is 0.724 bits per heavy atom. The topological polar surface area (TPSA) is 9.72 Å². The maximum Gasteiger partial charge on any atom is 0.0125 e. The second-order valence-corrected chi connectivity index (χ2v) is 13.1. The average Bonchev–Trinajstić information content (AvgIpc) is 3.19. The summed E-state index contributed by atoms with van der Waals surface area (Å²) in [7, 11) is 0. The lowest BCUT2D eigenvalue weighted by atomic mass is 9.75. The number of hydrogen-bond acceptors (Lipinski definition) is 3. The van der Waals surface area contributed by atoms with Crippen LogP contribution in [-0.2, 0) is 0 Å². The zero-order valence-electron chi connectivity index (χ0n) is 20.4. The van der Waals surface area contributed by atoms with Crippen LogP contribution < -0.4 is 0 Å². The lowest BCUT2D eigenvalue weighted by molar-refractivity contribution is 0.0714. The van der Waals surface area contributed by atoms with Gasteiger partial charge < -0.3 is 9.80 Å². The molecular weight excluding hydrogens is 354 g/mol. The first-order chi connectivity index (χ1) is 13.6. The molecule has 4 fully saturated rings. The van der Waals surface area contributed by atoms with E-state index < -0.39 is 0 Å². The van der Waals surface area contributed by atoms with Gasteiger partial charge in [0.25, 0.3) is 0 Å². The Balaban J connectivity index is 1.18. The molecular formula is C26H49N3. The highest BCUT2D eigenvalue weighted by atomic mass is 15.2. The fourth-order valence-electron chi connectivity index (χ4n) is 7.09. The largest absolute Gasteiger partial charge is 0.302 e. The molecule has 0 radical (unpaired) electrons. The summed E-state index contributed by atoms with van der Waals surface area (Å²) in [6.45, 7) is 24.0. The number of hydrogen-bond donors (Lipinski definition) is 0. The molecule has 3 heterocycles. The average molecular weight is 404 g/mol. The van der Waals surface area contributed by atoms with Gasteiger partial charge in [0.2, 0.25) is 0 Å². The predicted octanol–water partition coefficient (Wildman–Crippen LogP) is 4.97. The Bertz CT molecular complexity index is 515. The fraction of sp³-hybridized carbons (Fsp3) is 1.00. The number of fused-ring (bicyclic) bond motifs is 1. The molecule has 2 atom stereocenters. The minimum atomic E-state index is 0.353. The van der Waals surface area contributed by atoms with Crippen molar-refractivity contribution in [2.24, 2.45) is 29.1 Å². The van der Waals surface area contributed by atoms with Gasteiger partial charge in [0.1, 0.15) is 0 Å². The van der Waals surface area contributed by atoms with Gasteiger partial charge in [-0.1, -0.05) is 20.8 Å². The number of piperidine rings is 2. The maximum absolute atomic E-state index is 2.88. The summed E-state index contributed by atoms with van der Waals surface area (Å²) in [6, 6.07) is 0.906. The summed E-state index contributed by atoms with van der Waals surface area (Å²) in [6.07, 6.45) is 8.65. The van der Waals surface area contributed by atoms with Gasteiger partial charge in [0.15, 0.2) is 0 Å². The van der Waals surface area contributed by atoms with Crippen LogP contribution in [0.3, 0.4) is 0 Å². The van der Waals surface area contributed by atoms with Crippen LogP contribution in [0, 0.1) is 29.1 Å². The normalized spacial score (nSPS) is 34.8. The molecule has 3 heteroatoms. The summed E-state index contributed by atoms with van der Waals surface area (Å²) in [5.41, 5.74) is 0.855. The summed E-state index contributed by atoms with van der Waals surface area (Å²) < 4.78 is 0. The van der Waals surface area contributed by atoms with Gasteiger partial charge in [-0.05, 0) is 115 Å². The molecule has 2 unspecified atom stereocenters. The Morgan fingerprint density at radius 3 is 1.76 bits per heavy atom. The van der Waals surface area contributed by atoms with Gasteiger partial charge in [0, 0.05) is 31.2 Å². The molecule has 1 saturated carbocycles. The number of nitrogens with zero attached hydrogens (tertiary/aromatic N) is 3. The molecule has 3 saturated heterocycles. The molecule has 168 valence electrons. The highest BCUT2D eigenvalue weighted by molar-refractivity contribution is 4.97. The van der Waals surface area contributed by atoms with Gasteiger partial charge in [-0.2, -0.15) is 0 Å². The molecule has 0 amide bonds. The van der Waals surface area contributed by atoms with Crippen LogP contribution >= 0.6 is 0 Å². The van der Waals surface area contributed by atoms with Gasteiger partial charge in [0.05, 0.1) is 0 Å². The van der Waals surface area contributed by atoms with Crippen LogP contribution in [0.5, 0.6) is 0 Å². The Morgan fingerprint density at radius 2 is 1.28 bits per heavy atom. The van der Waals surface area contributed by atoms with E-state index in [1.54, 1.807) is 0 Å². The highest BCUT2D eigenvalue weighted by Gasteiger charge is 2.44. The van der Waals surface area contributed by atoms with Crippen LogP contribution in [0.25, 0.3) is 0 Å². The minimum Gasteiger partial charge on any atom is -0.302 e. The van der Waals surface area contributed by atoms with Crippen LogP contribution in [-0.4, -0.2) is 72.1 Å². The molecule has 4 aliphatic rings. The van der Waals surface area contributed by atoms with Crippen LogP contribution in [0.15, 0.2) is 0 Å². The lowest BCUT2D eigenvalue weighted by Crippen LogP contribution is -2.47. The van der Waals surface area contributed by atoms with Crippen molar-refractivity contribution in [1.29, 1.82) is 0 Å². The molecule has 0 N–H and O–H groups in total. The SMILES string of the molecule is CC(C)(C)C1CCN(C2CC3CN(CC4CCN(C(C)(C)C)CC4)CC3C2)CC1. The van der Waals surface area contributed by atoms with Crippen molar-refractivity contribution < 1.29 is 0 Å². The second kappa shape index (κ2) is 8.43. The van der Waals surface area contributed by atoms with E-state index in [9.17, 15) is 0 Å². The number of rotatable bonds is 3. The summed E-state index contributed by atoms with van der Waals surface area (Å²) in [5, 5.41) is 0. The minimum absolute atomic E-state index is 0.353. The molecule has 0 bridgehead atoms. The molecule has 29 heavy (non-hydrogen) atoms. The van der Waals surface area contributed by atoms with Gasteiger partial charge >= 0.3 is 0 Å². The van der Waals surface area contributed by atoms with E-state index in [-0.39, 0.29) is 0 Å². The zero-order chi connectivity index (χ0) is 20.8. The molecule has 1 aliphatic carbocycles. The number of likely N-dealkylation sites (tertiary alicyclic amines) is 3. The van der Waals surface area contributed by atoms with E-state index in [1.165, 1.54) is 84.3 Å². The molecule has 0 aromatic heterocycles. The van der Waals surface area contributed by atoms with Crippen LogP contribution in [0.4, 0.5) is 0 Å². The van der Waals surface area contributed by atoms with Gasteiger partial charge in [-0.15, -0.1) is 0 Å². The van der Waals surface area contributed by atoms with Crippen molar-refractivity contribution in [3.63, 3.8) is 0 Å². The monoisotopic (exact) mass is 403 g/mol. The van der Waals surface area contributed by atoms with Gasteiger partial charge in [-0.25, -0.2) is 0 Å². The maximum atomic E-state index is 2.88. The third-order valence-corrected chi connectivity index (χ3v) is 9.15. The quantitative estimate of drug-likeness (QED) is 0.659. The molecule has 4 rings (SSSR count). The zero-order valence-corrected chi connectivity index (χ0v) is 20.4. The molecule has 3 aliphatic heterocycles. The summed E-state index contributed by atoms with van der Waals surface area (Å²) in [5.74, 6) is 3.87. The first kappa shape index (κ1) is 22.1. The van der Waals surface area contributed by atoms with Crippen molar-refractivity contribution in [3.05, 3.63) is 0 Å². The van der Waals surface area contributed by atoms with Crippen molar-refractivity contribution in [2.45, 2.75) is 91.6 Å². The molecule has 0 aromatic carbocycles. The van der Waals surface area contributed by atoms with Crippen molar-refractivity contribution in [1.82, 2.24) is 14.7 Å². The first-order valence-electron chi connectivity index (χ1n) is 12.8. The van der Waals surface area contributed by atoms with E-state index in [0.717, 1.165) is 29.7 Å². The highest BCUT2D eigenvalue weighted by Crippen LogP contribution is 2.43. The molecule has 3 nitrogen and oxygen atoms in total. The lowest BCUT2D eigenvalue weighted by Gasteiger charge is -2.42. The summed E-state index contributed by atoms with van der Waals surface area (Å²) >= 11 is 0. The third-order valence-electron chi connectivity index (χ3n) is 9.15. The van der Waals surface area contributed by atoms with Crippen LogP contribution in [0.2, 0.25) is 0 Å². The molecule has 0 aromatic rings. The Hall–Kier alpha value is -0.120. The Kier molecular flexibility index (Phi) is 6.42. The van der Waals surface area contributed by atoms with E-state index in [1.807, 2.05) is 0 Å². The van der Waals surface area contributed by atoms with Crippen molar-refractivity contribution in [2.75, 3.05) is 45.8 Å².